The molecule has 4 aromatic rings. The number of nitrogen functional groups attached to an aromatic ring is 1. The molecule has 0 amide bonds. The van der Waals surface area contributed by atoms with Gasteiger partial charge in [0.05, 0.1) is 21.3 Å². The molecule has 0 spiro atoms. The smallest absolute Gasteiger partial charge is 0.319 e. The Balaban J connectivity index is 1.28. The van der Waals surface area contributed by atoms with Gasteiger partial charge in [-0.1, -0.05) is 11.3 Å². The molecule has 9 rings (SSSR count). The number of alkyl halides is 1. The number of halogens is 4. The zero-order chi connectivity index (χ0) is 28.7. The summed E-state index contributed by atoms with van der Waals surface area (Å²) in [5.41, 5.74) is 5.09. The van der Waals surface area contributed by atoms with Crippen LogP contribution in [0, 0.1) is 17.5 Å². The van der Waals surface area contributed by atoms with Crippen molar-refractivity contribution in [1.82, 2.24) is 25.2 Å². The van der Waals surface area contributed by atoms with Crippen molar-refractivity contribution >= 4 is 43.4 Å². The molecule has 0 radical (unpaired) electrons. The average Bonchev–Trinajstić information content (AvgIpc) is 3.65. The zero-order valence-corrected chi connectivity index (χ0v) is 23.5. The van der Waals surface area contributed by atoms with E-state index >= 15 is 8.78 Å². The minimum Gasteiger partial charge on any atom is -0.461 e. The van der Waals surface area contributed by atoms with Crippen LogP contribution in [0.4, 0.5) is 28.5 Å². The highest BCUT2D eigenvalue weighted by Gasteiger charge is 2.49. The van der Waals surface area contributed by atoms with Gasteiger partial charge in [0.25, 0.3) is 0 Å². The van der Waals surface area contributed by atoms with Crippen molar-refractivity contribution in [2.45, 2.75) is 55.9 Å². The molecule has 2 bridgehead atoms. The third-order valence-corrected chi connectivity index (χ3v) is 10.4. The molecule has 5 aliphatic heterocycles. The highest BCUT2D eigenvalue weighted by Crippen LogP contribution is 2.43. The van der Waals surface area contributed by atoms with Crippen LogP contribution in [0.25, 0.3) is 32.2 Å². The van der Waals surface area contributed by atoms with Gasteiger partial charge >= 0.3 is 6.01 Å². The maximum absolute atomic E-state index is 16.5. The summed E-state index contributed by atoms with van der Waals surface area (Å²) in [6.45, 7) is 2.74. The second-order valence-corrected chi connectivity index (χ2v) is 13.0. The van der Waals surface area contributed by atoms with Gasteiger partial charge in [-0.2, -0.15) is 9.97 Å². The van der Waals surface area contributed by atoms with Crippen LogP contribution in [0.2, 0.25) is 0 Å². The van der Waals surface area contributed by atoms with E-state index in [9.17, 15) is 8.78 Å². The fourth-order valence-corrected chi connectivity index (χ4v) is 8.26. The van der Waals surface area contributed by atoms with E-state index in [-0.39, 0.29) is 62.1 Å². The van der Waals surface area contributed by atoms with Crippen molar-refractivity contribution in [3.8, 4) is 17.1 Å². The van der Waals surface area contributed by atoms with Gasteiger partial charge in [-0.05, 0) is 50.4 Å². The van der Waals surface area contributed by atoms with Gasteiger partial charge in [-0.3, -0.25) is 4.90 Å². The molecule has 220 valence electrons. The van der Waals surface area contributed by atoms with E-state index in [2.05, 4.69) is 25.1 Å². The van der Waals surface area contributed by atoms with E-state index in [4.69, 9.17) is 15.5 Å². The average molecular weight is 600 g/mol. The van der Waals surface area contributed by atoms with E-state index in [1.54, 1.807) is 0 Å². The molecule has 5 fully saturated rings. The molecular formula is C29H29F4N7OS. The Labute approximate surface area is 242 Å². The molecule has 13 heteroatoms. The van der Waals surface area contributed by atoms with Gasteiger partial charge in [0.2, 0.25) is 0 Å². The van der Waals surface area contributed by atoms with Crippen LogP contribution < -0.4 is 20.7 Å². The number of aromatic nitrogens is 3. The first kappa shape index (κ1) is 26.3. The lowest BCUT2D eigenvalue weighted by Gasteiger charge is -2.46. The topological polar surface area (TPSA) is 92.4 Å². The maximum atomic E-state index is 16.5. The summed E-state index contributed by atoms with van der Waals surface area (Å²) in [5.74, 6) is -1.91. The fourth-order valence-electron chi connectivity index (χ4n) is 7.50. The molecule has 5 saturated heterocycles. The summed E-state index contributed by atoms with van der Waals surface area (Å²) in [4.78, 5) is 17.6. The summed E-state index contributed by atoms with van der Waals surface area (Å²) in [6, 6.07) is 4.02. The lowest BCUT2D eigenvalue weighted by Crippen LogP contribution is -2.61. The van der Waals surface area contributed by atoms with Gasteiger partial charge in [-0.25, -0.2) is 22.5 Å². The molecule has 5 aliphatic rings. The Bertz CT molecular complexity index is 1730. The molecule has 4 atom stereocenters. The van der Waals surface area contributed by atoms with E-state index in [1.165, 1.54) is 12.1 Å². The van der Waals surface area contributed by atoms with E-state index < -0.39 is 29.2 Å². The van der Waals surface area contributed by atoms with E-state index in [0.717, 1.165) is 56.2 Å². The van der Waals surface area contributed by atoms with Gasteiger partial charge in [0.1, 0.15) is 35.7 Å². The van der Waals surface area contributed by atoms with Crippen LogP contribution in [0.5, 0.6) is 6.01 Å². The number of nitrogens with two attached hydrogens (primary N) is 1. The molecular weight excluding hydrogens is 570 g/mol. The molecule has 2 aromatic carbocycles. The lowest BCUT2D eigenvalue weighted by molar-refractivity contribution is 0.107. The van der Waals surface area contributed by atoms with Gasteiger partial charge < -0.3 is 20.7 Å². The minimum absolute atomic E-state index is 0.0333. The summed E-state index contributed by atoms with van der Waals surface area (Å²) in [5, 5.41) is 3.82. The van der Waals surface area contributed by atoms with Gasteiger partial charge in [-0.15, -0.1) is 0 Å². The maximum Gasteiger partial charge on any atom is 0.319 e. The number of benzene rings is 2. The van der Waals surface area contributed by atoms with Crippen molar-refractivity contribution in [2.75, 3.05) is 43.4 Å². The second kappa shape index (κ2) is 9.61. The number of anilines is 2. The summed E-state index contributed by atoms with van der Waals surface area (Å²) < 4.78 is 67.7. The normalized spacial score (nSPS) is 27.4. The number of nitrogens with one attached hydrogen (secondary N) is 1. The predicted molar refractivity (Wildman–Crippen MR) is 153 cm³/mol. The van der Waals surface area contributed by atoms with E-state index in [1.807, 2.05) is 0 Å². The van der Waals surface area contributed by atoms with Crippen molar-refractivity contribution in [2.24, 2.45) is 0 Å². The van der Waals surface area contributed by atoms with Gasteiger partial charge in [0.15, 0.2) is 10.9 Å². The first-order valence-corrected chi connectivity index (χ1v) is 15.2. The Hall–Kier alpha value is -3.29. The second-order valence-electron chi connectivity index (χ2n) is 12.0. The number of piperidine rings is 2. The van der Waals surface area contributed by atoms with Crippen molar-refractivity contribution in [3.05, 3.63) is 35.7 Å². The van der Waals surface area contributed by atoms with Crippen molar-refractivity contribution in [3.63, 3.8) is 0 Å². The molecule has 2 aromatic heterocycles. The standard InChI is InChI=1S/C29H29F4N7OS/c30-14-9-29(6-1-7-39(29)11-14)13-41-28-37-23-18(26(38-28)40-12-15-2-3-16(40)10-35-15)8-20(32)21(22(23)33)17-4-5-19(31)25-24(17)36-27(34)42-25/h4-5,8,14-16,35H,1-3,6-7,9-13H2,(H2,34,36)/t14-,15+,16+,29+/m1/s1. The molecule has 0 unspecified atom stereocenters. The van der Waals surface area contributed by atoms with Crippen molar-refractivity contribution < 1.29 is 22.3 Å². The Morgan fingerprint density at radius 2 is 1.98 bits per heavy atom. The first-order chi connectivity index (χ1) is 20.3. The highest BCUT2D eigenvalue weighted by atomic mass is 32.1. The minimum atomic E-state index is -0.923. The number of ether oxygens (including phenoxy) is 1. The fraction of sp³-hybridized carbons (Fsp3) is 0.483. The SMILES string of the molecule is Nc1nc2c(-c3c(F)cc4c(N5C[C@@H]6CC[C@H]5CN6)nc(OC[C@@]56CCCN5C[C@H](F)C6)nc4c3F)ccc(F)c2s1. The predicted octanol–water partition coefficient (Wildman–Crippen LogP) is 4.80. The van der Waals surface area contributed by atoms with Crippen LogP contribution in [-0.2, 0) is 0 Å². The zero-order valence-electron chi connectivity index (χ0n) is 22.7. The van der Waals surface area contributed by atoms with Crippen LogP contribution in [0.1, 0.15) is 32.1 Å². The number of thiazole rings is 1. The first-order valence-electron chi connectivity index (χ1n) is 14.4. The molecule has 0 aliphatic carbocycles. The monoisotopic (exact) mass is 599 g/mol. The van der Waals surface area contributed by atoms with Crippen LogP contribution in [-0.4, -0.2) is 76.4 Å². The Kier molecular flexibility index (Phi) is 6.03. The summed E-state index contributed by atoms with van der Waals surface area (Å²) >= 11 is 0.917. The largest absolute Gasteiger partial charge is 0.461 e. The number of hydrogen-bond donors (Lipinski definition) is 2. The molecule has 3 N–H and O–H groups in total. The third kappa shape index (κ3) is 4.04. The quantitative estimate of drug-likeness (QED) is 0.316. The Morgan fingerprint density at radius 3 is 2.76 bits per heavy atom. The molecule has 7 heterocycles. The Morgan fingerprint density at radius 1 is 1.10 bits per heavy atom. The lowest BCUT2D eigenvalue weighted by atomic mass is 9.92. The molecule has 42 heavy (non-hydrogen) atoms. The van der Waals surface area contributed by atoms with Crippen LogP contribution in [0.15, 0.2) is 18.2 Å². The number of hydrogen-bond acceptors (Lipinski definition) is 9. The number of fused-ring (bicyclic) bond motifs is 6. The molecule has 8 nitrogen and oxygen atoms in total. The summed E-state index contributed by atoms with van der Waals surface area (Å²) in [7, 11) is 0. The number of piperazine rings is 1. The number of nitrogens with zero attached hydrogens (tertiary/aromatic N) is 5. The van der Waals surface area contributed by atoms with Crippen LogP contribution >= 0.6 is 11.3 Å². The highest BCUT2D eigenvalue weighted by molar-refractivity contribution is 7.22. The third-order valence-electron chi connectivity index (χ3n) is 9.47. The number of rotatable bonds is 5. The van der Waals surface area contributed by atoms with Crippen LogP contribution in [0.3, 0.4) is 0 Å². The van der Waals surface area contributed by atoms with Crippen molar-refractivity contribution in [1.29, 1.82) is 0 Å². The molecule has 0 saturated carbocycles. The van der Waals surface area contributed by atoms with Gasteiger partial charge in [0, 0.05) is 49.1 Å². The summed E-state index contributed by atoms with van der Waals surface area (Å²) in [6.07, 6.45) is 3.15. The van der Waals surface area contributed by atoms with E-state index in [0.29, 0.717) is 25.3 Å².